The monoisotopic (exact) mass is 251 g/mol. The van der Waals surface area contributed by atoms with Gasteiger partial charge in [0, 0.05) is 22.6 Å². The van der Waals surface area contributed by atoms with E-state index in [0.717, 1.165) is 21.9 Å². The molecule has 3 nitrogen and oxygen atoms in total. The van der Waals surface area contributed by atoms with Crippen molar-refractivity contribution in [2.24, 2.45) is 0 Å². The molecule has 0 aliphatic carbocycles. The van der Waals surface area contributed by atoms with Gasteiger partial charge in [-0.2, -0.15) is 0 Å². The highest BCUT2D eigenvalue weighted by Gasteiger charge is 2.01. The van der Waals surface area contributed by atoms with Crippen molar-refractivity contribution in [3.05, 3.63) is 28.9 Å². The fourth-order valence-electron chi connectivity index (χ4n) is 1.26. The highest BCUT2D eigenvalue weighted by molar-refractivity contribution is 9.10. The van der Waals surface area contributed by atoms with Gasteiger partial charge in [-0.25, -0.2) is 9.97 Å². The second kappa shape index (κ2) is 3.92. The first-order valence-electron chi connectivity index (χ1n) is 4.46. The van der Waals surface area contributed by atoms with Gasteiger partial charge < -0.3 is 5.32 Å². The molecule has 1 aromatic carbocycles. The van der Waals surface area contributed by atoms with Crippen LogP contribution in [-0.2, 0) is 0 Å². The summed E-state index contributed by atoms with van der Waals surface area (Å²) in [5.41, 5.74) is 0.943. The van der Waals surface area contributed by atoms with Gasteiger partial charge in [-0.1, -0.05) is 12.1 Å². The van der Waals surface area contributed by atoms with Gasteiger partial charge in [-0.05, 0) is 28.9 Å². The molecule has 0 aliphatic heterocycles. The number of fused-ring (bicyclic) bond motifs is 1. The van der Waals surface area contributed by atoms with Crippen molar-refractivity contribution in [2.45, 2.75) is 6.92 Å². The van der Waals surface area contributed by atoms with Crippen LogP contribution < -0.4 is 5.32 Å². The molecule has 0 unspecified atom stereocenters. The van der Waals surface area contributed by atoms with E-state index in [1.807, 2.05) is 31.3 Å². The average molecular weight is 252 g/mol. The topological polar surface area (TPSA) is 37.8 Å². The predicted octanol–water partition coefficient (Wildman–Crippen LogP) is 2.82. The molecule has 0 bridgehead atoms. The number of anilines is 1. The summed E-state index contributed by atoms with van der Waals surface area (Å²) in [6.45, 7) is 2.85. The Hall–Kier alpha value is -1.16. The lowest BCUT2D eigenvalue weighted by atomic mass is 10.2. The first kappa shape index (κ1) is 9.40. The summed E-state index contributed by atoms with van der Waals surface area (Å²) < 4.78 is 0.997. The minimum absolute atomic E-state index is 0.673. The molecule has 14 heavy (non-hydrogen) atoms. The lowest BCUT2D eigenvalue weighted by Crippen LogP contribution is -2.01. The zero-order valence-corrected chi connectivity index (χ0v) is 9.37. The molecule has 1 aromatic heterocycles. The third-order valence-electron chi connectivity index (χ3n) is 1.90. The Morgan fingerprint density at radius 1 is 1.43 bits per heavy atom. The van der Waals surface area contributed by atoms with Crippen LogP contribution in [0.3, 0.4) is 0 Å². The van der Waals surface area contributed by atoms with E-state index in [4.69, 9.17) is 0 Å². The van der Waals surface area contributed by atoms with Crippen molar-refractivity contribution >= 4 is 32.8 Å². The first-order chi connectivity index (χ1) is 6.81. The maximum absolute atomic E-state index is 4.40. The molecular formula is C10H10BrN3. The SMILES string of the molecule is CCNc1ncc2cccc(Br)c2n1. The van der Waals surface area contributed by atoms with Gasteiger partial charge in [0.15, 0.2) is 0 Å². The lowest BCUT2D eigenvalue weighted by molar-refractivity contribution is 1.11. The summed E-state index contributed by atoms with van der Waals surface area (Å²) in [7, 11) is 0. The third kappa shape index (κ3) is 1.70. The molecule has 0 radical (unpaired) electrons. The number of nitrogens with zero attached hydrogens (tertiary/aromatic N) is 2. The standard InChI is InChI=1S/C10H10BrN3/c1-2-12-10-13-6-7-4-3-5-8(11)9(7)14-10/h3-6H,2H2,1H3,(H,12,13,14). The Morgan fingerprint density at radius 3 is 3.07 bits per heavy atom. The summed E-state index contributed by atoms with van der Waals surface area (Å²) in [6.07, 6.45) is 1.82. The zero-order valence-electron chi connectivity index (χ0n) is 7.79. The van der Waals surface area contributed by atoms with E-state index < -0.39 is 0 Å². The maximum Gasteiger partial charge on any atom is 0.223 e. The smallest absolute Gasteiger partial charge is 0.223 e. The minimum Gasteiger partial charge on any atom is -0.354 e. The number of benzene rings is 1. The number of para-hydroxylation sites is 1. The van der Waals surface area contributed by atoms with Crippen molar-refractivity contribution in [3.8, 4) is 0 Å². The molecule has 0 amide bonds. The molecule has 0 atom stereocenters. The molecule has 2 rings (SSSR count). The first-order valence-corrected chi connectivity index (χ1v) is 5.25. The van der Waals surface area contributed by atoms with Crippen LogP contribution in [-0.4, -0.2) is 16.5 Å². The number of hydrogen-bond acceptors (Lipinski definition) is 3. The van der Waals surface area contributed by atoms with Crippen LogP contribution in [0.5, 0.6) is 0 Å². The molecule has 2 aromatic rings. The Kier molecular flexibility index (Phi) is 2.63. The summed E-state index contributed by atoms with van der Waals surface area (Å²) in [5, 5.41) is 4.13. The van der Waals surface area contributed by atoms with Gasteiger partial charge in [0.1, 0.15) is 0 Å². The van der Waals surface area contributed by atoms with Gasteiger partial charge in [-0.15, -0.1) is 0 Å². The van der Waals surface area contributed by atoms with Crippen LogP contribution in [0, 0.1) is 0 Å². The second-order valence-corrected chi connectivity index (χ2v) is 3.76. The predicted molar refractivity (Wildman–Crippen MR) is 61.4 cm³/mol. The van der Waals surface area contributed by atoms with E-state index in [9.17, 15) is 0 Å². The van der Waals surface area contributed by atoms with E-state index in [1.165, 1.54) is 0 Å². The molecule has 0 fully saturated rings. The molecule has 1 heterocycles. The Morgan fingerprint density at radius 2 is 2.29 bits per heavy atom. The van der Waals surface area contributed by atoms with Gasteiger partial charge in [0.25, 0.3) is 0 Å². The molecule has 72 valence electrons. The van der Waals surface area contributed by atoms with E-state index in [0.29, 0.717) is 5.95 Å². The zero-order chi connectivity index (χ0) is 9.97. The molecule has 0 saturated heterocycles. The van der Waals surface area contributed by atoms with Gasteiger partial charge in [0.05, 0.1) is 5.52 Å². The highest BCUT2D eigenvalue weighted by atomic mass is 79.9. The van der Waals surface area contributed by atoms with Gasteiger partial charge >= 0.3 is 0 Å². The van der Waals surface area contributed by atoms with Gasteiger partial charge in [-0.3, -0.25) is 0 Å². The van der Waals surface area contributed by atoms with Crippen molar-refractivity contribution in [1.82, 2.24) is 9.97 Å². The summed E-state index contributed by atoms with van der Waals surface area (Å²) in [6, 6.07) is 5.95. The van der Waals surface area contributed by atoms with E-state index >= 15 is 0 Å². The van der Waals surface area contributed by atoms with Crippen molar-refractivity contribution in [3.63, 3.8) is 0 Å². The van der Waals surface area contributed by atoms with Crippen molar-refractivity contribution < 1.29 is 0 Å². The van der Waals surface area contributed by atoms with Crippen LogP contribution in [0.15, 0.2) is 28.9 Å². The summed E-state index contributed by atoms with van der Waals surface area (Å²) in [5.74, 6) is 0.673. The second-order valence-electron chi connectivity index (χ2n) is 2.90. The van der Waals surface area contributed by atoms with E-state index in [1.54, 1.807) is 0 Å². The van der Waals surface area contributed by atoms with Crippen LogP contribution in [0.25, 0.3) is 10.9 Å². The quantitative estimate of drug-likeness (QED) is 0.892. The fourth-order valence-corrected chi connectivity index (χ4v) is 1.73. The maximum atomic E-state index is 4.40. The minimum atomic E-state index is 0.673. The molecule has 1 N–H and O–H groups in total. The van der Waals surface area contributed by atoms with Crippen molar-refractivity contribution in [1.29, 1.82) is 0 Å². The Bertz CT molecular complexity index is 456. The summed E-state index contributed by atoms with van der Waals surface area (Å²) in [4.78, 5) is 8.59. The van der Waals surface area contributed by atoms with Crippen LogP contribution >= 0.6 is 15.9 Å². The van der Waals surface area contributed by atoms with Crippen LogP contribution in [0.2, 0.25) is 0 Å². The number of aromatic nitrogens is 2. The summed E-state index contributed by atoms with van der Waals surface area (Å²) >= 11 is 3.46. The third-order valence-corrected chi connectivity index (χ3v) is 2.54. The number of nitrogens with one attached hydrogen (secondary N) is 1. The van der Waals surface area contributed by atoms with Crippen LogP contribution in [0.4, 0.5) is 5.95 Å². The van der Waals surface area contributed by atoms with Crippen molar-refractivity contribution in [2.75, 3.05) is 11.9 Å². The van der Waals surface area contributed by atoms with Crippen LogP contribution in [0.1, 0.15) is 6.92 Å². The normalized spacial score (nSPS) is 10.4. The van der Waals surface area contributed by atoms with E-state index in [2.05, 4.69) is 31.2 Å². The number of halogens is 1. The fraction of sp³-hybridized carbons (Fsp3) is 0.200. The van der Waals surface area contributed by atoms with E-state index in [-0.39, 0.29) is 0 Å². The Labute approximate surface area is 90.7 Å². The molecule has 0 aliphatic rings. The molecule has 0 spiro atoms. The average Bonchev–Trinajstić information content (AvgIpc) is 2.20. The lowest BCUT2D eigenvalue weighted by Gasteiger charge is -2.03. The molecule has 0 saturated carbocycles. The highest BCUT2D eigenvalue weighted by Crippen LogP contribution is 2.21. The Balaban J connectivity index is 2.58. The number of hydrogen-bond donors (Lipinski definition) is 1. The molecule has 4 heteroatoms. The van der Waals surface area contributed by atoms with Gasteiger partial charge in [0.2, 0.25) is 5.95 Å². The largest absolute Gasteiger partial charge is 0.354 e. The number of rotatable bonds is 2. The molecular weight excluding hydrogens is 242 g/mol.